The van der Waals surface area contributed by atoms with Crippen LogP contribution in [-0.2, 0) is 14.8 Å². The van der Waals surface area contributed by atoms with Crippen molar-refractivity contribution >= 4 is 16.0 Å². The lowest BCUT2D eigenvalue weighted by Crippen LogP contribution is -2.39. The third kappa shape index (κ3) is 11.4. The van der Waals surface area contributed by atoms with Crippen molar-refractivity contribution in [2.45, 2.75) is 53.6 Å². The first-order chi connectivity index (χ1) is 11.8. The van der Waals surface area contributed by atoms with Crippen molar-refractivity contribution in [2.24, 2.45) is 10.9 Å². The molecule has 0 saturated heterocycles. The summed E-state index contributed by atoms with van der Waals surface area (Å²) in [5, 5.41) is 6.54. The number of aliphatic imine (C=N–C) groups is 1. The zero-order valence-corrected chi connectivity index (χ0v) is 17.7. The second-order valence-electron chi connectivity index (χ2n) is 6.32. The molecule has 0 aliphatic carbocycles. The van der Waals surface area contributed by atoms with E-state index in [1.807, 2.05) is 20.8 Å². The Morgan fingerprint density at radius 3 is 2.36 bits per heavy atom. The Bertz CT molecular complexity index is 467. The third-order valence-corrected chi connectivity index (χ3v) is 5.23. The molecule has 0 aromatic heterocycles. The molecule has 150 valence electrons. The summed E-state index contributed by atoms with van der Waals surface area (Å²) in [7, 11) is -3.12. The molecule has 0 heterocycles. The van der Waals surface area contributed by atoms with Gasteiger partial charge in [0, 0.05) is 39.3 Å². The van der Waals surface area contributed by atoms with Crippen LogP contribution in [0.1, 0.15) is 47.5 Å². The van der Waals surface area contributed by atoms with Crippen molar-refractivity contribution in [3.05, 3.63) is 0 Å². The highest BCUT2D eigenvalue weighted by Gasteiger charge is 2.14. The fourth-order valence-electron chi connectivity index (χ4n) is 2.49. The molecule has 0 saturated carbocycles. The molecule has 25 heavy (non-hydrogen) atoms. The molecule has 0 aromatic rings. The largest absolute Gasteiger partial charge is 0.378 e. The summed E-state index contributed by atoms with van der Waals surface area (Å²) >= 11 is 0. The Labute approximate surface area is 154 Å². The van der Waals surface area contributed by atoms with Crippen LogP contribution in [0.5, 0.6) is 0 Å². The van der Waals surface area contributed by atoms with Gasteiger partial charge in [0.15, 0.2) is 5.96 Å². The molecule has 7 nitrogen and oxygen atoms in total. The number of sulfonamides is 1. The number of hydrogen-bond acceptors (Lipinski definition) is 4. The summed E-state index contributed by atoms with van der Waals surface area (Å²) in [6, 6.07) is 0. The fourth-order valence-corrected chi connectivity index (χ4v) is 3.42. The quantitative estimate of drug-likeness (QED) is 0.289. The van der Waals surface area contributed by atoms with Crippen LogP contribution in [0.4, 0.5) is 0 Å². The third-order valence-electron chi connectivity index (χ3n) is 3.85. The summed E-state index contributed by atoms with van der Waals surface area (Å²) in [5.41, 5.74) is 0. The van der Waals surface area contributed by atoms with Gasteiger partial charge in [-0.05, 0) is 32.6 Å². The predicted octanol–water partition coefficient (Wildman–Crippen LogP) is 1.66. The van der Waals surface area contributed by atoms with Gasteiger partial charge < -0.3 is 15.4 Å². The lowest BCUT2D eigenvalue weighted by molar-refractivity contribution is 0.0258. The van der Waals surface area contributed by atoms with Gasteiger partial charge in [0.2, 0.25) is 10.0 Å². The molecule has 0 rings (SSSR count). The molecule has 0 aliphatic rings. The van der Waals surface area contributed by atoms with E-state index in [2.05, 4.69) is 29.5 Å². The van der Waals surface area contributed by atoms with Crippen LogP contribution in [0, 0.1) is 5.92 Å². The molecule has 1 unspecified atom stereocenters. The van der Waals surface area contributed by atoms with Crippen LogP contribution in [0.15, 0.2) is 4.99 Å². The maximum absolute atomic E-state index is 11.6. The number of ether oxygens (including phenoxy) is 1. The lowest BCUT2D eigenvalue weighted by Gasteiger charge is -2.21. The zero-order chi connectivity index (χ0) is 19.3. The highest BCUT2D eigenvalue weighted by molar-refractivity contribution is 7.88. The second kappa shape index (κ2) is 13.4. The number of guanidine groups is 1. The Kier molecular flexibility index (Phi) is 12.9. The molecule has 0 aromatic carbocycles. The summed E-state index contributed by atoms with van der Waals surface area (Å²) in [5.74, 6) is 1.25. The average molecular weight is 379 g/mol. The number of hydrogen-bond donors (Lipinski definition) is 2. The molecular weight excluding hydrogens is 340 g/mol. The molecule has 0 fully saturated rings. The molecule has 8 heteroatoms. The van der Waals surface area contributed by atoms with E-state index >= 15 is 0 Å². The summed E-state index contributed by atoms with van der Waals surface area (Å²) < 4.78 is 30.3. The minimum atomic E-state index is -3.12. The van der Waals surface area contributed by atoms with E-state index in [9.17, 15) is 8.42 Å². The summed E-state index contributed by atoms with van der Waals surface area (Å²) in [4.78, 5) is 4.52. The molecule has 1 atom stereocenters. The van der Waals surface area contributed by atoms with E-state index in [-0.39, 0.29) is 6.10 Å². The summed E-state index contributed by atoms with van der Waals surface area (Å²) in [6.07, 6.45) is 3.11. The van der Waals surface area contributed by atoms with E-state index < -0.39 is 10.0 Å². The number of nitrogens with zero attached hydrogens (tertiary/aromatic N) is 2. The highest BCUT2D eigenvalue weighted by atomic mass is 32.2. The lowest BCUT2D eigenvalue weighted by atomic mass is 10.0. The van der Waals surface area contributed by atoms with Gasteiger partial charge >= 0.3 is 0 Å². The van der Waals surface area contributed by atoms with Crippen LogP contribution in [0.3, 0.4) is 0 Å². The number of rotatable bonds is 13. The smallest absolute Gasteiger partial charge is 0.211 e. The van der Waals surface area contributed by atoms with Crippen molar-refractivity contribution in [3.63, 3.8) is 0 Å². The Hall–Kier alpha value is -0.860. The van der Waals surface area contributed by atoms with Gasteiger partial charge in [-0.1, -0.05) is 20.8 Å². The monoisotopic (exact) mass is 378 g/mol. The van der Waals surface area contributed by atoms with E-state index in [0.29, 0.717) is 32.0 Å². The van der Waals surface area contributed by atoms with E-state index in [1.165, 1.54) is 10.6 Å². The van der Waals surface area contributed by atoms with Crippen molar-refractivity contribution in [3.8, 4) is 0 Å². The SMILES string of the molecule is CCNC(=NCCCN(CC)S(C)(=O)=O)NCCC(OCC)C(C)C. The predicted molar refractivity (Wildman–Crippen MR) is 106 cm³/mol. The minimum Gasteiger partial charge on any atom is -0.378 e. The van der Waals surface area contributed by atoms with Gasteiger partial charge in [0.25, 0.3) is 0 Å². The van der Waals surface area contributed by atoms with Gasteiger partial charge in [-0.3, -0.25) is 4.99 Å². The van der Waals surface area contributed by atoms with Gasteiger partial charge in [0.1, 0.15) is 0 Å². The van der Waals surface area contributed by atoms with Gasteiger partial charge in [-0.25, -0.2) is 12.7 Å². The first kappa shape index (κ1) is 24.1. The molecule has 0 amide bonds. The topological polar surface area (TPSA) is 83.0 Å². The standard InChI is InChI=1S/C17H38N4O3S/c1-7-18-17(20-13-11-16(15(4)5)24-9-3)19-12-10-14-21(8-2)25(6,22)23/h15-16H,7-14H2,1-6H3,(H2,18,19,20). The maximum Gasteiger partial charge on any atom is 0.211 e. The first-order valence-corrected chi connectivity index (χ1v) is 11.2. The van der Waals surface area contributed by atoms with Crippen LogP contribution >= 0.6 is 0 Å². The van der Waals surface area contributed by atoms with E-state index in [0.717, 1.165) is 32.1 Å². The Morgan fingerprint density at radius 1 is 1.20 bits per heavy atom. The van der Waals surface area contributed by atoms with Crippen molar-refractivity contribution < 1.29 is 13.2 Å². The Balaban J connectivity index is 4.37. The molecule has 0 aliphatic heterocycles. The van der Waals surface area contributed by atoms with Crippen LogP contribution in [0.2, 0.25) is 0 Å². The zero-order valence-electron chi connectivity index (χ0n) is 16.8. The highest BCUT2D eigenvalue weighted by Crippen LogP contribution is 2.09. The van der Waals surface area contributed by atoms with Crippen molar-refractivity contribution in [1.29, 1.82) is 0 Å². The van der Waals surface area contributed by atoms with E-state index in [1.54, 1.807) is 0 Å². The fraction of sp³-hybridized carbons (Fsp3) is 0.941. The van der Waals surface area contributed by atoms with Crippen molar-refractivity contribution in [1.82, 2.24) is 14.9 Å². The number of nitrogens with one attached hydrogen (secondary N) is 2. The Morgan fingerprint density at radius 2 is 1.88 bits per heavy atom. The summed E-state index contributed by atoms with van der Waals surface area (Å²) in [6.45, 7) is 14.1. The molecule has 2 N–H and O–H groups in total. The normalized spacial score (nSPS) is 14.2. The van der Waals surface area contributed by atoms with Crippen LogP contribution in [0.25, 0.3) is 0 Å². The van der Waals surface area contributed by atoms with Gasteiger partial charge in [-0.15, -0.1) is 0 Å². The van der Waals surface area contributed by atoms with Gasteiger partial charge in [-0.2, -0.15) is 0 Å². The van der Waals surface area contributed by atoms with Crippen molar-refractivity contribution in [2.75, 3.05) is 45.6 Å². The molecular formula is C17H38N4O3S. The maximum atomic E-state index is 11.6. The van der Waals surface area contributed by atoms with E-state index in [4.69, 9.17) is 4.74 Å². The second-order valence-corrected chi connectivity index (χ2v) is 8.30. The van der Waals surface area contributed by atoms with Crippen LogP contribution in [-0.4, -0.2) is 70.4 Å². The molecule has 0 bridgehead atoms. The molecule has 0 spiro atoms. The first-order valence-electron chi connectivity index (χ1n) is 9.35. The minimum absolute atomic E-state index is 0.244. The van der Waals surface area contributed by atoms with Crippen LogP contribution < -0.4 is 10.6 Å². The average Bonchev–Trinajstić information content (AvgIpc) is 2.52. The molecule has 0 radical (unpaired) electrons. The van der Waals surface area contributed by atoms with Gasteiger partial charge in [0.05, 0.1) is 12.4 Å².